The van der Waals surface area contributed by atoms with Crippen molar-refractivity contribution in [2.24, 2.45) is 23.7 Å². The molecule has 6 aliphatic rings. The molecule has 476 valence electrons. The lowest BCUT2D eigenvalue weighted by molar-refractivity contribution is -0.282. The van der Waals surface area contributed by atoms with Gasteiger partial charge in [0.1, 0.15) is 48.6 Å². The Kier molecular flexibility index (Phi) is 26.9. The number of ether oxygens (including phenoxy) is 7. The fraction of sp³-hybridized carbons (Fsp3) is 0.939. The van der Waals surface area contributed by atoms with E-state index in [4.69, 9.17) is 51.3 Å². The van der Waals surface area contributed by atoms with Gasteiger partial charge in [-0.25, -0.2) is 9.13 Å². The van der Waals surface area contributed by atoms with E-state index in [1.807, 2.05) is 0 Å². The van der Waals surface area contributed by atoms with Gasteiger partial charge in [-0.15, -0.1) is 0 Å². The Morgan fingerprint density at radius 2 is 0.927 bits per heavy atom. The van der Waals surface area contributed by atoms with E-state index in [0.29, 0.717) is 0 Å². The van der Waals surface area contributed by atoms with Crippen LogP contribution in [0.15, 0.2) is 0 Å². The topological polar surface area (TPSA) is 448 Å². The molecular formula is C49H87N3O28P2. The van der Waals surface area contributed by atoms with E-state index in [1.165, 1.54) is 16.9 Å². The molecule has 6 rings (SSSR count). The van der Waals surface area contributed by atoms with Crippen LogP contribution in [0.2, 0.25) is 0 Å². The first kappa shape index (κ1) is 69.2. The summed E-state index contributed by atoms with van der Waals surface area (Å²) in [4.78, 5) is 65.4. The number of amides is 2. The first-order valence-corrected chi connectivity index (χ1v) is 30.9. The molecule has 6 fully saturated rings. The first-order chi connectivity index (χ1) is 38.8. The van der Waals surface area contributed by atoms with Gasteiger partial charge < -0.3 is 104 Å². The standard InChI is InChI=1S/C49H87N3O28P2/c1-25-41(60)44(63)34(19-53)76-47(25)71-11-5-8-33(56)40-28(14-37(57)50-40)22-74-81(66,67)79-32-16-30(52(18-32)39(59)10-7-13-73-49-27(3)43(62)46(65)36(21-55)78-49)24-75-82(68,69)80-31-15-29(23-70-4)51(17-31)38(58)9-6-12-72-48-26(2)42(61)45(64)35(20-54)77-48/h25-32,34-37,40-50,53-55,57,60-65H,5-24H2,1-4H3,(H,66,67)(H,68,69)/t25?,26?,27?,28-,29-,30-,31+,32+,34?,35?,36?,37+,40?,41+,42+,43+,44-,45-,46-,47+,48+,49+/m0/s1. The Morgan fingerprint density at radius 1 is 0.549 bits per heavy atom. The molecule has 0 aromatic rings. The maximum Gasteiger partial charge on any atom is 0.472 e. The van der Waals surface area contributed by atoms with Crippen LogP contribution in [-0.2, 0) is 74.8 Å². The summed E-state index contributed by atoms with van der Waals surface area (Å²) in [5.41, 5.74) is 0. The molecule has 0 bridgehead atoms. The highest BCUT2D eigenvalue weighted by Crippen LogP contribution is 2.50. The number of phosphoric ester groups is 2. The molecule has 2 amide bonds. The van der Waals surface area contributed by atoms with Gasteiger partial charge in [-0.1, -0.05) is 20.8 Å². The zero-order valence-corrected chi connectivity index (χ0v) is 48.3. The number of hydrogen-bond donors (Lipinski definition) is 13. The normalized spacial score (nSPS) is 39.6. The van der Waals surface area contributed by atoms with Crippen molar-refractivity contribution in [1.82, 2.24) is 15.1 Å². The minimum absolute atomic E-state index is 0.0115. The highest BCUT2D eigenvalue weighted by Gasteiger charge is 2.48. The average Bonchev–Trinajstić information content (AvgIpc) is 4.26. The zero-order valence-electron chi connectivity index (χ0n) is 46.5. The molecule has 6 aliphatic heterocycles. The summed E-state index contributed by atoms with van der Waals surface area (Å²) in [5, 5.41) is 103. The molecule has 6 heterocycles. The Balaban J connectivity index is 1.02. The van der Waals surface area contributed by atoms with Crippen molar-refractivity contribution in [3.8, 4) is 0 Å². The average molecular weight is 1230 g/mol. The van der Waals surface area contributed by atoms with Crippen molar-refractivity contribution in [2.45, 2.75) is 189 Å². The lowest BCUT2D eigenvalue weighted by Crippen LogP contribution is -2.55. The van der Waals surface area contributed by atoms with Crippen molar-refractivity contribution in [1.29, 1.82) is 0 Å². The lowest BCUT2D eigenvalue weighted by Gasteiger charge is -2.40. The van der Waals surface area contributed by atoms with Gasteiger partial charge in [0.25, 0.3) is 0 Å². The molecule has 31 nitrogen and oxygen atoms in total. The number of aliphatic hydroxyl groups is 10. The SMILES string of the molecule is COC[C@@H]1C[C@@H](OP(=O)(O)OC[C@@H]2C[C@@H](OP(=O)(O)OC[C@@H]3C[C@@H](O)NC3C(=O)CCCO[C@@H]3OC(CO)[C@H](O)[C@H](O)C3C)CN2C(=O)CCCO[C@@H]2OC(CO)[C@H](O)[C@H](O)C2C)CN1C(=O)CCCO[C@@H]1OC(CO)[C@H](O)[C@H](O)C1C. The van der Waals surface area contributed by atoms with E-state index in [2.05, 4.69) is 5.32 Å². The highest BCUT2D eigenvalue weighted by molar-refractivity contribution is 7.47. The second-order valence-electron chi connectivity index (χ2n) is 22.1. The van der Waals surface area contributed by atoms with Crippen molar-refractivity contribution in [3.05, 3.63) is 0 Å². The number of carbonyl (C=O) groups is 3. The maximum absolute atomic E-state index is 13.9. The van der Waals surface area contributed by atoms with Crippen LogP contribution in [0.4, 0.5) is 0 Å². The van der Waals surface area contributed by atoms with Gasteiger partial charge in [0.2, 0.25) is 11.8 Å². The number of carbonyl (C=O) groups excluding carboxylic acids is 3. The predicted molar refractivity (Wildman–Crippen MR) is 276 cm³/mol. The monoisotopic (exact) mass is 1230 g/mol. The largest absolute Gasteiger partial charge is 0.472 e. The second kappa shape index (κ2) is 31.8. The van der Waals surface area contributed by atoms with Crippen molar-refractivity contribution in [2.75, 3.05) is 79.7 Å². The zero-order chi connectivity index (χ0) is 60.2. The number of nitrogens with zero attached hydrogens (tertiary/aromatic N) is 2. The number of methoxy groups -OCH3 is 1. The number of rotatable bonds is 31. The Bertz CT molecular complexity index is 2110. The number of ketones is 1. The van der Waals surface area contributed by atoms with Crippen LogP contribution in [-0.4, -0.2) is 278 Å². The van der Waals surface area contributed by atoms with Crippen LogP contribution < -0.4 is 5.32 Å². The molecule has 0 aromatic carbocycles. The summed E-state index contributed by atoms with van der Waals surface area (Å²) >= 11 is 0. The summed E-state index contributed by atoms with van der Waals surface area (Å²) in [6.07, 6.45) is -17.4. The minimum atomic E-state index is -5.00. The number of aliphatic hydroxyl groups excluding tert-OH is 10. The smallest absolute Gasteiger partial charge is 0.394 e. The molecule has 0 saturated carbocycles. The number of phosphoric acid groups is 2. The molecule has 0 spiro atoms. The third-order valence-electron chi connectivity index (χ3n) is 16.0. The van der Waals surface area contributed by atoms with E-state index in [9.17, 15) is 84.4 Å². The van der Waals surface area contributed by atoms with Gasteiger partial charge in [0.15, 0.2) is 18.9 Å². The van der Waals surface area contributed by atoms with Gasteiger partial charge >= 0.3 is 15.6 Å². The predicted octanol–water partition coefficient (Wildman–Crippen LogP) is -3.68. The molecule has 6 saturated heterocycles. The molecule has 24 atom stereocenters. The van der Waals surface area contributed by atoms with E-state index in [1.54, 1.807) is 20.8 Å². The fourth-order valence-corrected chi connectivity index (χ4v) is 13.1. The quantitative estimate of drug-likeness (QED) is 0.0235. The molecule has 0 aliphatic carbocycles. The van der Waals surface area contributed by atoms with Crippen molar-refractivity contribution in [3.63, 3.8) is 0 Å². The molecular weight excluding hydrogens is 1140 g/mol. The van der Waals surface area contributed by atoms with Gasteiger partial charge in [-0.05, 0) is 38.5 Å². The summed E-state index contributed by atoms with van der Waals surface area (Å²) in [5.74, 6) is -4.09. The van der Waals surface area contributed by atoms with Crippen LogP contribution >= 0.6 is 15.6 Å². The van der Waals surface area contributed by atoms with Gasteiger partial charge in [-0.3, -0.25) is 37.8 Å². The molecule has 33 heteroatoms. The van der Waals surface area contributed by atoms with Crippen LogP contribution in [0.3, 0.4) is 0 Å². The Labute approximate surface area is 475 Å². The van der Waals surface area contributed by atoms with Crippen molar-refractivity contribution >= 4 is 33.2 Å². The molecule has 13 N–H and O–H groups in total. The van der Waals surface area contributed by atoms with Crippen LogP contribution in [0.25, 0.3) is 0 Å². The van der Waals surface area contributed by atoms with Crippen molar-refractivity contribution < 1.29 is 136 Å². The highest BCUT2D eigenvalue weighted by atomic mass is 31.2. The Morgan fingerprint density at radius 3 is 1.32 bits per heavy atom. The fourth-order valence-electron chi connectivity index (χ4n) is 11.1. The van der Waals surface area contributed by atoms with Crippen LogP contribution in [0.1, 0.15) is 78.6 Å². The summed E-state index contributed by atoms with van der Waals surface area (Å²) in [6, 6.07) is -2.63. The third kappa shape index (κ3) is 18.6. The van der Waals surface area contributed by atoms with Gasteiger partial charge in [0, 0.05) is 63.1 Å². The Hall–Kier alpha value is -1.89. The number of nitrogens with one attached hydrogen (secondary N) is 1. The van der Waals surface area contributed by atoms with E-state index < -0.39 is 189 Å². The molecule has 0 aromatic heterocycles. The molecule has 9 unspecified atom stereocenters. The van der Waals surface area contributed by atoms with Crippen LogP contribution in [0.5, 0.6) is 0 Å². The van der Waals surface area contributed by atoms with E-state index in [-0.39, 0.29) is 109 Å². The summed E-state index contributed by atoms with van der Waals surface area (Å²) < 4.78 is 88.4. The second-order valence-corrected chi connectivity index (χ2v) is 24.9. The third-order valence-corrected chi connectivity index (χ3v) is 18.0. The minimum Gasteiger partial charge on any atom is -0.394 e. The van der Waals surface area contributed by atoms with E-state index >= 15 is 0 Å². The van der Waals surface area contributed by atoms with Gasteiger partial charge in [0.05, 0.1) is 108 Å². The van der Waals surface area contributed by atoms with Crippen LogP contribution in [0, 0.1) is 23.7 Å². The number of Topliss-reactive ketones (excluding diaryl/α,β-unsaturated/α-hetero) is 1. The van der Waals surface area contributed by atoms with E-state index in [0.717, 1.165) is 0 Å². The first-order valence-electron chi connectivity index (χ1n) is 27.9. The summed E-state index contributed by atoms with van der Waals surface area (Å²) in [7, 11) is -8.55. The lowest BCUT2D eigenvalue weighted by atomic mass is 9.92. The number of likely N-dealkylation sites (tertiary alicyclic amines) is 2. The number of hydrogen-bond acceptors (Lipinski definition) is 27. The maximum atomic E-state index is 13.9. The molecule has 0 radical (unpaired) electrons. The molecule has 82 heavy (non-hydrogen) atoms. The van der Waals surface area contributed by atoms with Gasteiger partial charge in [-0.2, -0.15) is 0 Å². The summed E-state index contributed by atoms with van der Waals surface area (Å²) in [6.45, 7) is 1.42.